The number of halogens is 1. The number of likely N-dealkylation sites (tertiary alicyclic amines) is 1. The number of benzene rings is 2. The lowest BCUT2D eigenvalue weighted by Gasteiger charge is -2.43. The molecule has 33 heavy (non-hydrogen) atoms. The van der Waals surface area contributed by atoms with Gasteiger partial charge in [-0.3, -0.25) is 14.3 Å². The molecule has 174 valence electrons. The van der Waals surface area contributed by atoms with Crippen molar-refractivity contribution in [1.82, 2.24) is 14.5 Å². The highest BCUT2D eigenvalue weighted by atomic mass is 35.5. The topological polar surface area (TPSA) is 76.6 Å². The van der Waals surface area contributed by atoms with E-state index < -0.39 is 5.60 Å². The molecule has 0 bridgehead atoms. The van der Waals surface area contributed by atoms with Gasteiger partial charge in [0.05, 0.1) is 30.9 Å². The summed E-state index contributed by atoms with van der Waals surface area (Å²) in [6.07, 6.45) is 1.70. The summed E-state index contributed by atoms with van der Waals surface area (Å²) < 4.78 is 14.1. The Bertz CT molecular complexity index is 1220. The predicted octanol–water partition coefficient (Wildman–Crippen LogP) is 3.76. The van der Waals surface area contributed by atoms with Crippen molar-refractivity contribution < 1.29 is 14.3 Å². The van der Waals surface area contributed by atoms with Crippen LogP contribution in [0.3, 0.4) is 0 Å². The first kappa shape index (κ1) is 22.3. The van der Waals surface area contributed by atoms with E-state index in [9.17, 15) is 9.59 Å². The summed E-state index contributed by atoms with van der Waals surface area (Å²) >= 11 is 6.09. The molecule has 1 N–H and O–H groups in total. The smallest absolute Gasteiger partial charge is 0.326 e. The van der Waals surface area contributed by atoms with Crippen molar-refractivity contribution in [3.8, 4) is 0 Å². The lowest BCUT2D eigenvalue weighted by molar-refractivity contribution is -0.173. The second-order valence-electron chi connectivity index (χ2n) is 8.97. The van der Waals surface area contributed by atoms with Gasteiger partial charge in [-0.25, -0.2) is 4.79 Å². The van der Waals surface area contributed by atoms with E-state index in [1.807, 2.05) is 41.0 Å². The minimum absolute atomic E-state index is 0.0247. The molecule has 0 spiro atoms. The number of aromatic nitrogens is 2. The van der Waals surface area contributed by atoms with E-state index in [0.717, 1.165) is 42.5 Å². The molecular weight excluding hydrogens is 442 g/mol. The molecule has 0 radical (unpaired) electrons. The Kier molecular flexibility index (Phi) is 6.14. The second kappa shape index (κ2) is 9.06. The molecule has 0 amide bonds. The third-order valence-electron chi connectivity index (χ3n) is 6.82. The zero-order valence-electron chi connectivity index (χ0n) is 18.7. The summed E-state index contributed by atoms with van der Waals surface area (Å²) in [6, 6.07) is 13.3. The van der Waals surface area contributed by atoms with Crippen molar-refractivity contribution in [3.63, 3.8) is 0 Å². The Morgan fingerprint density at radius 2 is 1.97 bits per heavy atom. The van der Waals surface area contributed by atoms with Crippen molar-refractivity contribution in [3.05, 3.63) is 69.1 Å². The first-order valence-corrected chi connectivity index (χ1v) is 11.8. The number of nitrogens with one attached hydrogen (secondary N) is 1. The largest absolute Gasteiger partial charge is 0.376 e. The number of fused-ring (bicyclic) bond motifs is 1. The van der Waals surface area contributed by atoms with Gasteiger partial charge in [0, 0.05) is 36.3 Å². The number of nitrogens with zero attached hydrogens (tertiary/aromatic N) is 2. The maximum atomic E-state index is 12.7. The van der Waals surface area contributed by atoms with E-state index >= 15 is 0 Å². The summed E-state index contributed by atoms with van der Waals surface area (Å²) in [4.78, 5) is 30.3. The van der Waals surface area contributed by atoms with Crippen LogP contribution >= 0.6 is 11.6 Å². The highest BCUT2D eigenvalue weighted by Gasteiger charge is 2.41. The van der Waals surface area contributed by atoms with Gasteiger partial charge >= 0.3 is 5.69 Å². The first-order chi connectivity index (χ1) is 16.0. The SMILES string of the molecule is CC(=O)c1ccccc1C1(CN2CCC(n3c(=O)[nH]c4cc(Cl)ccc43)CC2)COCCO1. The number of Topliss-reactive ketones (excluding diaryl/α,β-unsaturated/α-hetero) is 1. The van der Waals surface area contributed by atoms with Crippen LogP contribution < -0.4 is 5.69 Å². The fourth-order valence-corrected chi connectivity index (χ4v) is 5.43. The van der Waals surface area contributed by atoms with E-state index in [2.05, 4.69) is 9.88 Å². The number of rotatable bonds is 5. The van der Waals surface area contributed by atoms with Crippen molar-refractivity contribution in [2.75, 3.05) is 39.5 Å². The number of hydrogen-bond donors (Lipinski definition) is 1. The lowest BCUT2D eigenvalue weighted by Crippen LogP contribution is -2.51. The minimum Gasteiger partial charge on any atom is -0.376 e. The summed E-state index contributed by atoms with van der Waals surface area (Å²) in [5, 5.41) is 0.608. The maximum absolute atomic E-state index is 12.7. The molecular formula is C25H28ClN3O4. The number of ketones is 1. The number of aromatic amines is 1. The van der Waals surface area contributed by atoms with Crippen molar-refractivity contribution in [2.24, 2.45) is 0 Å². The number of piperidine rings is 1. The molecule has 1 atom stereocenters. The van der Waals surface area contributed by atoms with Crippen LogP contribution in [0.1, 0.15) is 41.7 Å². The van der Waals surface area contributed by atoms with Crippen LogP contribution in [0, 0.1) is 0 Å². The van der Waals surface area contributed by atoms with Gasteiger partial charge in [0.2, 0.25) is 0 Å². The number of H-pyrrole nitrogens is 1. The number of imidazole rings is 1. The van der Waals surface area contributed by atoms with Gasteiger partial charge in [-0.2, -0.15) is 0 Å². The number of hydrogen-bond acceptors (Lipinski definition) is 5. The zero-order valence-corrected chi connectivity index (χ0v) is 19.4. The Labute approximate surface area is 197 Å². The molecule has 2 fully saturated rings. The van der Waals surface area contributed by atoms with E-state index in [4.69, 9.17) is 21.1 Å². The Hall–Kier alpha value is -2.45. The fraction of sp³-hybridized carbons (Fsp3) is 0.440. The summed E-state index contributed by atoms with van der Waals surface area (Å²) in [7, 11) is 0. The lowest BCUT2D eigenvalue weighted by atomic mass is 9.87. The number of carbonyl (C=O) groups excluding carboxylic acids is 1. The Morgan fingerprint density at radius 3 is 2.70 bits per heavy atom. The second-order valence-corrected chi connectivity index (χ2v) is 9.40. The van der Waals surface area contributed by atoms with Gasteiger partial charge in [-0.05, 0) is 43.5 Å². The van der Waals surface area contributed by atoms with Crippen LogP contribution in [0.4, 0.5) is 0 Å². The molecule has 3 aromatic rings. The first-order valence-electron chi connectivity index (χ1n) is 11.4. The maximum Gasteiger partial charge on any atom is 0.326 e. The molecule has 1 unspecified atom stereocenters. The highest BCUT2D eigenvalue weighted by Crippen LogP contribution is 2.35. The molecule has 1 aromatic heterocycles. The van der Waals surface area contributed by atoms with E-state index in [0.29, 0.717) is 37.0 Å². The minimum atomic E-state index is -0.679. The molecule has 2 aliphatic heterocycles. The van der Waals surface area contributed by atoms with Crippen molar-refractivity contribution in [1.29, 1.82) is 0 Å². The van der Waals surface area contributed by atoms with Gasteiger partial charge in [0.25, 0.3) is 0 Å². The Morgan fingerprint density at radius 1 is 1.18 bits per heavy atom. The average molecular weight is 470 g/mol. The van der Waals surface area contributed by atoms with Crippen molar-refractivity contribution in [2.45, 2.75) is 31.4 Å². The normalized spacial score (nSPS) is 22.6. The van der Waals surface area contributed by atoms with Crippen LogP contribution in [0.2, 0.25) is 5.02 Å². The molecule has 7 nitrogen and oxygen atoms in total. The van der Waals surface area contributed by atoms with Crippen LogP contribution in [0.15, 0.2) is 47.3 Å². The van der Waals surface area contributed by atoms with Crippen LogP contribution in [-0.4, -0.2) is 59.7 Å². The molecule has 0 saturated carbocycles. The van der Waals surface area contributed by atoms with Crippen LogP contribution in [-0.2, 0) is 15.1 Å². The molecule has 2 aromatic carbocycles. The Balaban J connectivity index is 1.36. The fourth-order valence-electron chi connectivity index (χ4n) is 5.26. The quantitative estimate of drug-likeness (QED) is 0.576. The zero-order chi connectivity index (χ0) is 23.0. The summed E-state index contributed by atoms with van der Waals surface area (Å²) in [5.74, 6) is 0.0247. The van der Waals surface area contributed by atoms with E-state index in [1.54, 1.807) is 13.0 Å². The molecule has 2 aliphatic rings. The summed E-state index contributed by atoms with van der Waals surface area (Å²) in [5.41, 5.74) is 2.45. The third kappa shape index (κ3) is 4.26. The molecule has 2 saturated heterocycles. The van der Waals surface area contributed by atoms with Gasteiger partial charge in [0.15, 0.2) is 5.78 Å². The number of ether oxygens (including phenoxy) is 2. The van der Waals surface area contributed by atoms with E-state index in [1.165, 1.54) is 0 Å². The predicted molar refractivity (Wildman–Crippen MR) is 127 cm³/mol. The number of carbonyl (C=O) groups is 1. The van der Waals surface area contributed by atoms with Gasteiger partial charge in [-0.15, -0.1) is 0 Å². The monoisotopic (exact) mass is 469 g/mol. The standard InChI is InChI=1S/C25H28ClN3O4/c1-17(30)20-4-2-3-5-21(20)25(16-32-12-13-33-25)15-28-10-8-19(9-11-28)29-23-7-6-18(26)14-22(23)27-24(29)31/h2-7,14,19H,8-13,15-16H2,1H3,(H,27,31). The van der Waals surface area contributed by atoms with Gasteiger partial charge < -0.3 is 14.5 Å². The van der Waals surface area contributed by atoms with Crippen LogP contribution in [0.25, 0.3) is 11.0 Å². The highest BCUT2D eigenvalue weighted by molar-refractivity contribution is 6.31. The molecule has 3 heterocycles. The van der Waals surface area contributed by atoms with Crippen LogP contribution in [0.5, 0.6) is 0 Å². The van der Waals surface area contributed by atoms with Gasteiger partial charge in [0.1, 0.15) is 5.60 Å². The average Bonchev–Trinajstić information content (AvgIpc) is 3.15. The van der Waals surface area contributed by atoms with Gasteiger partial charge in [-0.1, -0.05) is 35.9 Å². The summed E-state index contributed by atoms with van der Waals surface area (Å²) in [6.45, 7) is 5.35. The molecule has 0 aliphatic carbocycles. The molecule has 5 rings (SSSR count). The molecule has 8 heteroatoms. The van der Waals surface area contributed by atoms with E-state index in [-0.39, 0.29) is 17.5 Å². The van der Waals surface area contributed by atoms with Crippen molar-refractivity contribution >= 4 is 28.4 Å². The third-order valence-corrected chi connectivity index (χ3v) is 7.05.